The van der Waals surface area contributed by atoms with Crippen molar-refractivity contribution >= 4 is 17.3 Å². The lowest BCUT2D eigenvalue weighted by atomic mass is 10.2. The number of rotatable bonds is 6. The molecule has 0 spiro atoms. The second kappa shape index (κ2) is 5.19. The Bertz CT molecular complexity index is 557. The van der Waals surface area contributed by atoms with Crippen LogP contribution in [0.15, 0.2) is 33.6 Å². The second-order valence-electron chi connectivity index (χ2n) is 4.87. The Morgan fingerprint density at radius 3 is 2.89 bits per heavy atom. The molecule has 0 radical (unpaired) electrons. The van der Waals surface area contributed by atoms with Crippen LogP contribution < -0.4 is 0 Å². The largest absolute Gasteiger partial charge is 0.478 e. The third-order valence-electron chi connectivity index (χ3n) is 3.29. The lowest BCUT2D eigenvalue weighted by Crippen LogP contribution is -2.24. The maximum absolute atomic E-state index is 10.8. The summed E-state index contributed by atoms with van der Waals surface area (Å²) < 4.78 is 5.33. The molecule has 0 bridgehead atoms. The van der Waals surface area contributed by atoms with Gasteiger partial charge in [-0.1, -0.05) is 0 Å². The van der Waals surface area contributed by atoms with E-state index in [4.69, 9.17) is 9.52 Å². The molecule has 2 heterocycles. The number of hydrogen-bond acceptors (Lipinski definition) is 4. The van der Waals surface area contributed by atoms with E-state index < -0.39 is 5.97 Å². The quantitative estimate of drug-likeness (QED) is 0.881. The number of furan rings is 1. The minimum Gasteiger partial charge on any atom is -0.478 e. The molecular weight excluding hydrogens is 262 g/mol. The molecule has 5 heteroatoms. The van der Waals surface area contributed by atoms with Gasteiger partial charge in [0.25, 0.3) is 0 Å². The van der Waals surface area contributed by atoms with Gasteiger partial charge in [0, 0.05) is 12.6 Å². The van der Waals surface area contributed by atoms with Crippen LogP contribution in [0.5, 0.6) is 0 Å². The Labute approximate surface area is 115 Å². The van der Waals surface area contributed by atoms with Crippen molar-refractivity contribution in [3.8, 4) is 0 Å². The van der Waals surface area contributed by atoms with Gasteiger partial charge in [-0.2, -0.15) is 11.3 Å². The predicted octanol–water partition coefficient (Wildman–Crippen LogP) is 3.20. The fourth-order valence-corrected chi connectivity index (χ4v) is 2.81. The van der Waals surface area contributed by atoms with Crippen molar-refractivity contribution in [1.82, 2.24) is 4.90 Å². The Morgan fingerprint density at radius 1 is 1.47 bits per heavy atom. The number of carbonyl (C=O) groups is 1. The molecule has 1 saturated carbocycles. The average molecular weight is 277 g/mol. The summed E-state index contributed by atoms with van der Waals surface area (Å²) in [6, 6.07) is 4.36. The summed E-state index contributed by atoms with van der Waals surface area (Å²) >= 11 is 1.70. The lowest BCUT2D eigenvalue weighted by molar-refractivity contribution is 0.0696. The van der Waals surface area contributed by atoms with E-state index in [2.05, 4.69) is 21.7 Å². The van der Waals surface area contributed by atoms with E-state index in [9.17, 15) is 4.79 Å². The SMILES string of the molecule is O=C(O)c1coc(CN(Cc2ccsc2)C2CC2)c1. The van der Waals surface area contributed by atoms with Gasteiger partial charge < -0.3 is 9.52 Å². The van der Waals surface area contributed by atoms with Crippen molar-refractivity contribution in [2.24, 2.45) is 0 Å². The maximum atomic E-state index is 10.8. The highest BCUT2D eigenvalue weighted by Gasteiger charge is 2.29. The van der Waals surface area contributed by atoms with E-state index in [1.54, 1.807) is 17.4 Å². The molecule has 2 aromatic heterocycles. The van der Waals surface area contributed by atoms with Crippen molar-refractivity contribution in [3.63, 3.8) is 0 Å². The zero-order chi connectivity index (χ0) is 13.2. The highest BCUT2D eigenvalue weighted by atomic mass is 32.1. The van der Waals surface area contributed by atoms with Gasteiger partial charge in [-0.15, -0.1) is 0 Å². The molecule has 0 aliphatic heterocycles. The summed E-state index contributed by atoms with van der Waals surface area (Å²) in [6.07, 6.45) is 3.75. The molecule has 2 aromatic rings. The standard InChI is InChI=1S/C14H15NO3S/c16-14(17)11-5-13(18-8-11)7-15(12-1-2-12)6-10-3-4-19-9-10/h3-5,8-9,12H,1-2,6-7H2,(H,16,17). The molecule has 0 aromatic carbocycles. The van der Waals surface area contributed by atoms with Crippen LogP contribution in [0, 0.1) is 0 Å². The van der Waals surface area contributed by atoms with E-state index in [0.29, 0.717) is 12.6 Å². The van der Waals surface area contributed by atoms with Crippen LogP contribution in [0.25, 0.3) is 0 Å². The molecule has 1 N–H and O–H groups in total. The first-order valence-corrected chi connectivity index (χ1v) is 7.22. The van der Waals surface area contributed by atoms with Crippen molar-refractivity contribution in [3.05, 3.63) is 46.0 Å². The van der Waals surface area contributed by atoms with Crippen molar-refractivity contribution in [1.29, 1.82) is 0 Å². The third kappa shape index (κ3) is 3.05. The summed E-state index contributed by atoms with van der Waals surface area (Å²) in [6.45, 7) is 1.57. The first kappa shape index (κ1) is 12.4. The summed E-state index contributed by atoms with van der Waals surface area (Å²) in [5, 5.41) is 13.1. The summed E-state index contributed by atoms with van der Waals surface area (Å²) in [4.78, 5) is 13.2. The summed E-state index contributed by atoms with van der Waals surface area (Å²) in [5.74, 6) is -0.217. The van der Waals surface area contributed by atoms with Crippen LogP contribution in [0.4, 0.5) is 0 Å². The molecule has 0 atom stereocenters. The third-order valence-corrected chi connectivity index (χ3v) is 4.02. The van der Waals surface area contributed by atoms with Crippen LogP contribution in [-0.4, -0.2) is 22.0 Å². The van der Waals surface area contributed by atoms with Gasteiger partial charge in [0.05, 0.1) is 12.1 Å². The van der Waals surface area contributed by atoms with Gasteiger partial charge in [-0.25, -0.2) is 4.79 Å². The highest BCUT2D eigenvalue weighted by molar-refractivity contribution is 7.07. The fraction of sp³-hybridized carbons (Fsp3) is 0.357. The monoisotopic (exact) mass is 277 g/mol. The molecule has 0 saturated heterocycles. The highest BCUT2D eigenvalue weighted by Crippen LogP contribution is 2.30. The molecule has 0 unspecified atom stereocenters. The number of nitrogens with zero attached hydrogens (tertiary/aromatic N) is 1. The van der Waals surface area contributed by atoms with Gasteiger partial charge >= 0.3 is 5.97 Å². The van der Waals surface area contributed by atoms with E-state index in [1.807, 2.05) is 0 Å². The number of carboxylic acid groups (broad SMARTS) is 1. The molecule has 0 amide bonds. The van der Waals surface area contributed by atoms with E-state index >= 15 is 0 Å². The summed E-state index contributed by atoms with van der Waals surface area (Å²) in [5.41, 5.74) is 1.53. The smallest absolute Gasteiger partial charge is 0.338 e. The van der Waals surface area contributed by atoms with Crippen LogP contribution in [-0.2, 0) is 13.1 Å². The van der Waals surface area contributed by atoms with Crippen molar-refractivity contribution in [2.45, 2.75) is 32.0 Å². The lowest BCUT2D eigenvalue weighted by Gasteiger charge is -2.19. The Hall–Kier alpha value is -1.59. The zero-order valence-corrected chi connectivity index (χ0v) is 11.2. The minimum absolute atomic E-state index is 0.223. The van der Waals surface area contributed by atoms with E-state index in [-0.39, 0.29) is 5.56 Å². The molecule has 19 heavy (non-hydrogen) atoms. The first-order chi connectivity index (χ1) is 9.22. The number of carboxylic acids is 1. The average Bonchev–Trinajstić information content (AvgIpc) is 2.90. The van der Waals surface area contributed by atoms with Crippen LogP contribution in [0.2, 0.25) is 0 Å². The Kier molecular flexibility index (Phi) is 3.40. The molecule has 1 aliphatic carbocycles. The van der Waals surface area contributed by atoms with Crippen molar-refractivity contribution < 1.29 is 14.3 Å². The Morgan fingerprint density at radius 2 is 2.32 bits per heavy atom. The fourth-order valence-electron chi connectivity index (χ4n) is 2.15. The van der Waals surface area contributed by atoms with E-state index in [0.717, 1.165) is 12.3 Å². The van der Waals surface area contributed by atoms with Crippen LogP contribution in [0.1, 0.15) is 34.5 Å². The first-order valence-electron chi connectivity index (χ1n) is 6.28. The number of thiophene rings is 1. The van der Waals surface area contributed by atoms with Crippen LogP contribution >= 0.6 is 11.3 Å². The molecule has 1 aliphatic rings. The minimum atomic E-state index is -0.939. The van der Waals surface area contributed by atoms with Gasteiger partial charge in [0.1, 0.15) is 12.0 Å². The molecular formula is C14H15NO3S. The Balaban J connectivity index is 1.68. The molecule has 3 rings (SSSR count). The maximum Gasteiger partial charge on any atom is 0.338 e. The van der Waals surface area contributed by atoms with Gasteiger partial charge in [-0.05, 0) is 41.3 Å². The molecule has 1 fully saturated rings. The number of aromatic carboxylic acids is 1. The zero-order valence-electron chi connectivity index (χ0n) is 10.4. The predicted molar refractivity (Wildman–Crippen MR) is 72.3 cm³/mol. The number of hydrogen-bond donors (Lipinski definition) is 1. The van der Waals surface area contributed by atoms with Gasteiger partial charge in [-0.3, -0.25) is 4.90 Å². The van der Waals surface area contributed by atoms with Crippen LogP contribution in [0.3, 0.4) is 0 Å². The molecule has 4 nitrogen and oxygen atoms in total. The normalized spacial score (nSPS) is 15.0. The van der Waals surface area contributed by atoms with Crippen molar-refractivity contribution in [2.75, 3.05) is 0 Å². The van der Waals surface area contributed by atoms with E-state index in [1.165, 1.54) is 24.7 Å². The summed E-state index contributed by atoms with van der Waals surface area (Å²) in [7, 11) is 0. The van der Waals surface area contributed by atoms with Gasteiger partial charge in [0.2, 0.25) is 0 Å². The van der Waals surface area contributed by atoms with Gasteiger partial charge in [0.15, 0.2) is 0 Å². The second-order valence-corrected chi connectivity index (χ2v) is 5.65. The molecule has 100 valence electrons. The topological polar surface area (TPSA) is 53.7 Å².